The maximum Gasteiger partial charge on any atom is 0.224 e. The third kappa shape index (κ3) is 2.67. The zero-order valence-electron chi connectivity index (χ0n) is 9.03. The molecule has 0 aliphatic rings. The molecule has 0 radical (unpaired) electrons. The van der Waals surface area contributed by atoms with E-state index in [1.54, 1.807) is 0 Å². The summed E-state index contributed by atoms with van der Waals surface area (Å²) in [6.07, 6.45) is 1.81. The first kappa shape index (κ1) is 11.4. The first-order valence-electron chi connectivity index (χ1n) is 4.66. The van der Waals surface area contributed by atoms with Gasteiger partial charge in [0.2, 0.25) is 5.95 Å². The van der Waals surface area contributed by atoms with E-state index in [2.05, 4.69) is 39.7 Å². The Hall–Kier alpha value is -0.640. The minimum absolute atomic E-state index is 0.400. The van der Waals surface area contributed by atoms with E-state index in [-0.39, 0.29) is 0 Å². The minimum Gasteiger partial charge on any atom is -0.347 e. The van der Waals surface area contributed by atoms with Gasteiger partial charge in [-0.2, -0.15) is 0 Å². The molecule has 0 amide bonds. The fourth-order valence-corrected chi connectivity index (χ4v) is 1.34. The van der Waals surface area contributed by atoms with E-state index in [9.17, 15) is 0 Å². The van der Waals surface area contributed by atoms with Gasteiger partial charge in [0.05, 0.1) is 0 Å². The molecule has 1 aromatic rings. The Morgan fingerprint density at radius 1 is 1.36 bits per heavy atom. The van der Waals surface area contributed by atoms with Crippen LogP contribution >= 0.6 is 15.9 Å². The van der Waals surface area contributed by atoms with Crippen molar-refractivity contribution in [1.29, 1.82) is 0 Å². The van der Waals surface area contributed by atoms with Crippen LogP contribution in [0.5, 0.6) is 0 Å². The third-order valence-corrected chi connectivity index (χ3v) is 3.01. The van der Waals surface area contributed by atoms with Gasteiger partial charge in [0.25, 0.3) is 0 Å². The molecule has 0 aliphatic heterocycles. The molecule has 14 heavy (non-hydrogen) atoms. The number of aromatic nitrogens is 2. The second-order valence-corrected chi connectivity index (χ2v) is 5.09. The van der Waals surface area contributed by atoms with Crippen molar-refractivity contribution in [2.75, 3.05) is 19.0 Å². The summed E-state index contributed by atoms with van der Waals surface area (Å²) in [6, 6.07) is 1.97. The smallest absolute Gasteiger partial charge is 0.224 e. The van der Waals surface area contributed by atoms with Gasteiger partial charge in [0.15, 0.2) is 0 Å². The van der Waals surface area contributed by atoms with Crippen molar-refractivity contribution in [3.63, 3.8) is 0 Å². The normalized spacial score (nSPS) is 14.9. The standard InChI is InChI=1S/C10H16BrN3/c1-7(8(2)11)9-5-6-12-10(13-9)14(3)4/h5-8H,1-4H3. The zero-order chi connectivity index (χ0) is 10.7. The van der Waals surface area contributed by atoms with Gasteiger partial charge in [-0.1, -0.05) is 29.8 Å². The van der Waals surface area contributed by atoms with Crippen molar-refractivity contribution in [3.8, 4) is 0 Å². The SMILES string of the molecule is CC(Br)C(C)c1ccnc(N(C)C)n1. The van der Waals surface area contributed by atoms with Gasteiger partial charge in [0.1, 0.15) is 0 Å². The van der Waals surface area contributed by atoms with Crippen molar-refractivity contribution >= 4 is 21.9 Å². The minimum atomic E-state index is 0.400. The number of alkyl halides is 1. The Morgan fingerprint density at radius 3 is 2.50 bits per heavy atom. The second kappa shape index (κ2) is 4.73. The van der Waals surface area contributed by atoms with Crippen molar-refractivity contribution in [2.24, 2.45) is 0 Å². The summed E-state index contributed by atoms with van der Waals surface area (Å²) >= 11 is 3.56. The highest BCUT2D eigenvalue weighted by atomic mass is 79.9. The maximum atomic E-state index is 4.48. The average Bonchev–Trinajstić information content (AvgIpc) is 2.16. The molecule has 1 rings (SSSR count). The monoisotopic (exact) mass is 257 g/mol. The van der Waals surface area contributed by atoms with Gasteiger partial charge in [-0.3, -0.25) is 0 Å². The summed E-state index contributed by atoms with van der Waals surface area (Å²) in [7, 11) is 3.89. The fraction of sp³-hybridized carbons (Fsp3) is 0.600. The number of anilines is 1. The quantitative estimate of drug-likeness (QED) is 0.780. The van der Waals surface area contributed by atoms with Crippen LogP contribution < -0.4 is 4.90 Å². The third-order valence-electron chi connectivity index (χ3n) is 2.22. The molecule has 0 saturated carbocycles. The van der Waals surface area contributed by atoms with Crippen molar-refractivity contribution in [1.82, 2.24) is 9.97 Å². The highest BCUT2D eigenvalue weighted by molar-refractivity contribution is 9.09. The Balaban J connectivity index is 2.93. The molecule has 78 valence electrons. The van der Waals surface area contributed by atoms with Crippen LogP contribution in [0.1, 0.15) is 25.5 Å². The lowest BCUT2D eigenvalue weighted by Crippen LogP contribution is -2.15. The first-order valence-corrected chi connectivity index (χ1v) is 5.58. The van der Waals surface area contributed by atoms with Crippen molar-refractivity contribution < 1.29 is 0 Å². The molecule has 0 saturated heterocycles. The van der Waals surface area contributed by atoms with E-state index in [4.69, 9.17) is 0 Å². The molecule has 2 unspecified atom stereocenters. The van der Waals surface area contributed by atoms with Gasteiger partial charge >= 0.3 is 0 Å². The van der Waals surface area contributed by atoms with Crippen LogP contribution in [-0.2, 0) is 0 Å². The molecule has 0 aliphatic carbocycles. The van der Waals surface area contributed by atoms with Crippen LogP contribution in [0.15, 0.2) is 12.3 Å². The van der Waals surface area contributed by atoms with Gasteiger partial charge in [-0.25, -0.2) is 9.97 Å². The Kier molecular flexibility index (Phi) is 3.86. The summed E-state index contributed by atoms with van der Waals surface area (Å²) in [5.74, 6) is 1.17. The summed E-state index contributed by atoms with van der Waals surface area (Å²) in [5, 5.41) is 0. The largest absolute Gasteiger partial charge is 0.347 e. The van der Waals surface area contributed by atoms with E-state index in [0.717, 1.165) is 11.6 Å². The fourth-order valence-electron chi connectivity index (χ4n) is 1.07. The Labute approximate surface area is 93.7 Å². The number of hydrogen-bond donors (Lipinski definition) is 0. The van der Waals surface area contributed by atoms with Gasteiger partial charge in [0, 0.05) is 36.7 Å². The van der Waals surface area contributed by atoms with Crippen LogP contribution in [-0.4, -0.2) is 28.9 Å². The molecule has 3 nitrogen and oxygen atoms in total. The average molecular weight is 258 g/mol. The topological polar surface area (TPSA) is 29.0 Å². The molecular formula is C10H16BrN3. The van der Waals surface area contributed by atoms with Crippen molar-refractivity contribution in [2.45, 2.75) is 24.6 Å². The van der Waals surface area contributed by atoms with Crippen LogP contribution in [0.4, 0.5) is 5.95 Å². The Morgan fingerprint density at radius 2 is 2.00 bits per heavy atom. The molecule has 0 bridgehead atoms. The van der Waals surface area contributed by atoms with Gasteiger partial charge < -0.3 is 4.90 Å². The molecule has 4 heteroatoms. The molecule has 0 N–H and O–H groups in total. The summed E-state index contributed by atoms with van der Waals surface area (Å²) in [5.41, 5.74) is 1.08. The number of nitrogens with zero attached hydrogens (tertiary/aromatic N) is 3. The highest BCUT2D eigenvalue weighted by Gasteiger charge is 2.13. The van der Waals surface area contributed by atoms with Crippen molar-refractivity contribution in [3.05, 3.63) is 18.0 Å². The molecular weight excluding hydrogens is 242 g/mol. The van der Waals surface area contributed by atoms with E-state index in [0.29, 0.717) is 10.7 Å². The molecule has 0 spiro atoms. The summed E-state index contributed by atoms with van der Waals surface area (Å²) in [6.45, 7) is 4.28. The van der Waals surface area contributed by atoms with E-state index in [1.165, 1.54) is 0 Å². The van der Waals surface area contributed by atoms with Crippen LogP contribution in [0, 0.1) is 0 Å². The van der Waals surface area contributed by atoms with Crippen LogP contribution in [0.2, 0.25) is 0 Å². The molecule has 0 fully saturated rings. The summed E-state index contributed by atoms with van der Waals surface area (Å²) < 4.78 is 0. The molecule has 1 aromatic heterocycles. The molecule has 1 heterocycles. The maximum absolute atomic E-state index is 4.48. The van der Waals surface area contributed by atoms with Crippen LogP contribution in [0.25, 0.3) is 0 Å². The number of hydrogen-bond acceptors (Lipinski definition) is 3. The predicted molar refractivity (Wildman–Crippen MR) is 63.2 cm³/mol. The Bertz CT molecular complexity index is 299. The van der Waals surface area contributed by atoms with Gasteiger partial charge in [-0.05, 0) is 6.07 Å². The van der Waals surface area contributed by atoms with Gasteiger partial charge in [-0.15, -0.1) is 0 Å². The second-order valence-electron chi connectivity index (χ2n) is 3.64. The van der Waals surface area contributed by atoms with E-state index >= 15 is 0 Å². The van der Waals surface area contributed by atoms with E-state index in [1.807, 2.05) is 31.3 Å². The lowest BCUT2D eigenvalue weighted by atomic mass is 10.1. The lowest BCUT2D eigenvalue weighted by molar-refractivity contribution is 0.726. The number of rotatable bonds is 3. The molecule has 2 atom stereocenters. The highest BCUT2D eigenvalue weighted by Crippen LogP contribution is 2.22. The van der Waals surface area contributed by atoms with Crippen LogP contribution in [0.3, 0.4) is 0 Å². The molecule has 0 aromatic carbocycles. The lowest BCUT2D eigenvalue weighted by Gasteiger charge is -2.16. The van der Waals surface area contributed by atoms with E-state index < -0.39 is 0 Å². The predicted octanol–water partition coefficient (Wildman–Crippen LogP) is 2.43. The first-order chi connectivity index (χ1) is 6.52. The summed E-state index contributed by atoms with van der Waals surface area (Å²) in [4.78, 5) is 11.0. The number of halogens is 1. The zero-order valence-corrected chi connectivity index (χ0v) is 10.6.